The predicted octanol–water partition coefficient (Wildman–Crippen LogP) is 4.03. The Kier molecular flexibility index (Phi) is 3.67. The van der Waals surface area contributed by atoms with Crippen LogP contribution in [0, 0.1) is 0 Å². The van der Waals surface area contributed by atoms with Gasteiger partial charge in [-0.3, -0.25) is 0 Å². The normalized spacial score (nSPS) is 10.7. The third-order valence-corrected chi connectivity index (χ3v) is 3.16. The predicted molar refractivity (Wildman–Crippen MR) is 76.8 cm³/mol. The van der Waals surface area contributed by atoms with E-state index in [4.69, 9.17) is 27.7 Å². The summed E-state index contributed by atoms with van der Waals surface area (Å²) < 4.78 is 5.23. The van der Waals surface area contributed by atoms with Crippen molar-refractivity contribution in [1.29, 1.82) is 0 Å². The second-order valence-electron chi connectivity index (χ2n) is 4.19. The van der Waals surface area contributed by atoms with Gasteiger partial charge in [0.15, 0.2) is 0 Å². The molecule has 2 aromatic heterocycles. The standard InChI is InChI=1S/C14H9Cl2N3O/c15-11-3-1-2-9(6-11)7-13-18-14(19-20-13)10-4-5-12(16)17-8-10/h1-6,8H,7H2. The lowest BCUT2D eigenvalue weighted by Gasteiger charge is -1.96. The van der Waals surface area contributed by atoms with Gasteiger partial charge < -0.3 is 4.52 Å². The third kappa shape index (κ3) is 2.98. The van der Waals surface area contributed by atoms with Gasteiger partial charge in [0.05, 0.1) is 6.42 Å². The van der Waals surface area contributed by atoms with Gasteiger partial charge in [-0.25, -0.2) is 4.98 Å². The average Bonchev–Trinajstić information content (AvgIpc) is 2.88. The lowest BCUT2D eigenvalue weighted by molar-refractivity contribution is 0.385. The Bertz CT molecular complexity index is 725. The van der Waals surface area contributed by atoms with E-state index in [1.807, 2.05) is 24.3 Å². The van der Waals surface area contributed by atoms with Gasteiger partial charge in [0.25, 0.3) is 0 Å². The molecule has 0 fully saturated rings. The Balaban J connectivity index is 1.82. The number of nitrogens with zero attached hydrogens (tertiary/aromatic N) is 3. The van der Waals surface area contributed by atoms with Crippen molar-refractivity contribution in [2.24, 2.45) is 0 Å². The van der Waals surface area contributed by atoms with Crippen LogP contribution in [-0.4, -0.2) is 15.1 Å². The number of aromatic nitrogens is 3. The highest BCUT2D eigenvalue weighted by Gasteiger charge is 2.09. The maximum absolute atomic E-state index is 5.94. The molecule has 20 heavy (non-hydrogen) atoms. The smallest absolute Gasteiger partial charge is 0.231 e. The molecule has 0 bridgehead atoms. The Morgan fingerprint density at radius 1 is 1.10 bits per heavy atom. The van der Waals surface area contributed by atoms with Crippen LogP contribution in [0.15, 0.2) is 47.1 Å². The SMILES string of the molecule is Clc1cccc(Cc2nc(-c3ccc(Cl)nc3)no2)c1. The molecule has 100 valence electrons. The summed E-state index contributed by atoms with van der Waals surface area (Å²) in [6, 6.07) is 11.0. The zero-order valence-electron chi connectivity index (χ0n) is 10.3. The van der Waals surface area contributed by atoms with Gasteiger partial charge in [-0.2, -0.15) is 4.98 Å². The van der Waals surface area contributed by atoms with Crippen molar-refractivity contribution in [3.63, 3.8) is 0 Å². The lowest BCUT2D eigenvalue weighted by Crippen LogP contribution is -1.88. The monoisotopic (exact) mass is 305 g/mol. The quantitative estimate of drug-likeness (QED) is 0.686. The summed E-state index contributed by atoms with van der Waals surface area (Å²) in [6.07, 6.45) is 2.14. The highest BCUT2D eigenvalue weighted by Crippen LogP contribution is 2.18. The molecule has 4 nitrogen and oxygen atoms in total. The summed E-state index contributed by atoms with van der Waals surface area (Å²) in [7, 11) is 0. The van der Waals surface area contributed by atoms with Gasteiger partial charge in [0.2, 0.25) is 11.7 Å². The topological polar surface area (TPSA) is 51.8 Å². The minimum atomic E-state index is 0.427. The first-order chi connectivity index (χ1) is 9.70. The molecule has 1 aromatic carbocycles. The number of hydrogen-bond acceptors (Lipinski definition) is 4. The van der Waals surface area contributed by atoms with Crippen molar-refractivity contribution in [3.8, 4) is 11.4 Å². The number of rotatable bonds is 3. The first kappa shape index (κ1) is 13.1. The van der Waals surface area contributed by atoms with Crippen molar-refractivity contribution in [1.82, 2.24) is 15.1 Å². The summed E-state index contributed by atoms with van der Waals surface area (Å²) >= 11 is 11.7. The molecule has 0 aliphatic carbocycles. The zero-order valence-corrected chi connectivity index (χ0v) is 11.8. The molecule has 0 saturated carbocycles. The van der Waals surface area contributed by atoms with Crippen LogP contribution >= 0.6 is 23.2 Å². The van der Waals surface area contributed by atoms with Crippen molar-refractivity contribution in [2.45, 2.75) is 6.42 Å². The molecule has 6 heteroatoms. The zero-order chi connectivity index (χ0) is 13.9. The molecule has 0 unspecified atom stereocenters. The number of hydrogen-bond donors (Lipinski definition) is 0. The molecule has 0 N–H and O–H groups in total. The molecular weight excluding hydrogens is 297 g/mol. The van der Waals surface area contributed by atoms with E-state index in [2.05, 4.69) is 15.1 Å². The first-order valence-corrected chi connectivity index (χ1v) is 6.65. The molecule has 0 radical (unpaired) electrons. The molecule has 0 amide bonds. The molecular formula is C14H9Cl2N3O. The largest absolute Gasteiger partial charge is 0.339 e. The summed E-state index contributed by atoms with van der Waals surface area (Å²) in [5.41, 5.74) is 1.78. The maximum Gasteiger partial charge on any atom is 0.231 e. The molecule has 0 saturated heterocycles. The second-order valence-corrected chi connectivity index (χ2v) is 5.01. The number of halogens is 2. The van der Waals surface area contributed by atoms with Gasteiger partial charge in [-0.05, 0) is 29.8 Å². The van der Waals surface area contributed by atoms with E-state index in [1.165, 1.54) is 0 Å². The molecule has 2 heterocycles. The van der Waals surface area contributed by atoms with E-state index in [9.17, 15) is 0 Å². The summed E-state index contributed by atoms with van der Waals surface area (Å²) in [4.78, 5) is 8.32. The molecule has 0 atom stereocenters. The summed E-state index contributed by atoms with van der Waals surface area (Å²) in [5.74, 6) is 1.02. The van der Waals surface area contributed by atoms with Crippen LogP contribution in [0.5, 0.6) is 0 Å². The fourth-order valence-corrected chi connectivity index (χ4v) is 2.10. The van der Waals surface area contributed by atoms with Crippen molar-refractivity contribution >= 4 is 23.2 Å². The van der Waals surface area contributed by atoms with Crippen LogP contribution in [0.25, 0.3) is 11.4 Å². The Morgan fingerprint density at radius 2 is 2.00 bits per heavy atom. The third-order valence-electron chi connectivity index (χ3n) is 2.70. The van der Waals surface area contributed by atoms with Crippen LogP contribution in [0.1, 0.15) is 11.5 Å². The summed E-state index contributed by atoms with van der Waals surface area (Å²) in [5, 5.41) is 5.04. The molecule has 3 rings (SSSR count). The van der Waals surface area contributed by atoms with Crippen LogP contribution in [-0.2, 0) is 6.42 Å². The van der Waals surface area contributed by atoms with Crippen LogP contribution in [0.4, 0.5) is 0 Å². The first-order valence-electron chi connectivity index (χ1n) is 5.90. The van der Waals surface area contributed by atoms with Gasteiger partial charge in [-0.1, -0.05) is 40.5 Å². The van der Waals surface area contributed by atoms with Gasteiger partial charge in [-0.15, -0.1) is 0 Å². The minimum Gasteiger partial charge on any atom is -0.339 e. The van der Waals surface area contributed by atoms with Crippen molar-refractivity contribution < 1.29 is 4.52 Å². The van der Waals surface area contributed by atoms with Gasteiger partial charge in [0.1, 0.15) is 5.15 Å². The second kappa shape index (κ2) is 5.61. The maximum atomic E-state index is 5.94. The Labute approximate surface area is 125 Å². The number of pyridine rings is 1. The van der Waals surface area contributed by atoms with Crippen LogP contribution in [0.3, 0.4) is 0 Å². The van der Waals surface area contributed by atoms with Crippen LogP contribution < -0.4 is 0 Å². The molecule has 0 aliphatic heterocycles. The Morgan fingerprint density at radius 3 is 2.75 bits per heavy atom. The van der Waals surface area contributed by atoms with Crippen molar-refractivity contribution in [3.05, 3.63) is 64.2 Å². The Hall–Kier alpha value is -1.91. The lowest BCUT2D eigenvalue weighted by atomic mass is 10.1. The van der Waals surface area contributed by atoms with E-state index >= 15 is 0 Å². The molecule has 0 aliphatic rings. The minimum absolute atomic E-state index is 0.427. The molecule has 0 spiro atoms. The fourth-order valence-electron chi connectivity index (χ4n) is 1.77. The summed E-state index contributed by atoms with van der Waals surface area (Å²) in [6.45, 7) is 0. The van der Waals surface area contributed by atoms with E-state index in [0.29, 0.717) is 28.3 Å². The highest BCUT2D eigenvalue weighted by molar-refractivity contribution is 6.30. The van der Waals surface area contributed by atoms with Gasteiger partial charge >= 0.3 is 0 Å². The van der Waals surface area contributed by atoms with E-state index < -0.39 is 0 Å². The number of benzene rings is 1. The van der Waals surface area contributed by atoms with Crippen molar-refractivity contribution in [2.75, 3.05) is 0 Å². The van der Waals surface area contributed by atoms with E-state index in [-0.39, 0.29) is 0 Å². The van der Waals surface area contributed by atoms with Gasteiger partial charge in [0, 0.05) is 16.8 Å². The van der Waals surface area contributed by atoms with E-state index in [0.717, 1.165) is 11.1 Å². The molecule has 3 aromatic rings. The van der Waals surface area contributed by atoms with Crippen LogP contribution in [0.2, 0.25) is 10.2 Å². The highest BCUT2D eigenvalue weighted by atomic mass is 35.5. The average molecular weight is 306 g/mol. The van der Waals surface area contributed by atoms with E-state index in [1.54, 1.807) is 18.3 Å². The fraction of sp³-hybridized carbons (Fsp3) is 0.0714.